The first-order valence-electron chi connectivity index (χ1n) is 13.5. The van der Waals surface area contributed by atoms with Gasteiger partial charge < -0.3 is 24.4 Å². The maximum atomic E-state index is 14.2. The van der Waals surface area contributed by atoms with Crippen molar-refractivity contribution in [1.29, 1.82) is 0 Å². The molecular formula is C32H29N5O5. The third-order valence-electron chi connectivity index (χ3n) is 7.13. The molecule has 0 saturated carbocycles. The number of aromatic nitrogens is 3. The SMILES string of the molecule is COc1ccc(CN(C(=O)Cn2nnc3ccccc32)[C@H](C(=O)Nc2ccc3c(c2)OCO3)c2ccc(C)cc2)cc1. The number of hydrogen-bond acceptors (Lipinski definition) is 7. The molecule has 0 spiro atoms. The van der Waals surface area contributed by atoms with Crippen molar-refractivity contribution in [2.45, 2.75) is 26.1 Å². The van der Waals surface area contributed by atoms with Crippen LogP contribution in [-0.4, -0.2) is 45.6 Å². The first kappa shape index (κ1) is 26.8. The number of rotatable bonds is 9. The lowest BCUT2D eigenvalue weighted by Gasteiger charge is -2.32. The molecule has 0 radical (unpaired) electrons. The fourth-order valence-electron chi connectivity index (χ4n) is 4.91. The van der Waals surface area contributed by atoms with Gasteiger partial charge in [0.2, 0.25) is 12.7 Å². The van der Waals surface area contributed by atoms with Crippen LogP contribution in [0.5, 0.6) is 17.2 Å². The van der Waals surface area contributed by atoms with Gasteiger partial charge in [-0.2, -0.15) is 0 Å². The third-order valence-corrected chi connectivity index (χ3v) is 7.13. The van der Waals surface area contributed by atoms with Crippen molar-refractivity contribution in [3.63, 3.8) is 0 Å². The van der Waals surface area contributed by atoms with E-state index in [1.807, 2.05) is 79.7 Å². The fraction of sp³-hybridized carbons (Fsp3) is 0.188. The van der Waals surface area contributed by atoms with E-state index in [0.29, 0.717) is 34.0 Å². The van der Waals surface area contributed by atoms with Gasteiger partial charge in [0.1, 0.15) is 23.9 Å². The minimum absolute atomic E-state index is 0.101. The molecule has 5 aromatic rings. The maximum Gasteiger partial charge on any atom is 0.251 e. The van der Waals surface area contributed by atoms with Gasteiger partial charge in [0, 0.05) is 18.3 Å². The number of nitrogens with one attached hydrogen (secondary N) is 1. The molecule has 42 heavy (non-hydrogen) atoms. The van der Waals surface area contributed by atoms with Crippen LogP contribution in [0.25, 0.3) is 11.0 Å². The zero-order valence-corrected chi connectivity index (χ0v) is 23.2. The van der Waals surface area contributed by atoms with Crippen LogP contribution in [0.1, 0.15) is 22.7 Å². The molecule has 4 aromatic carbocycles. The maximum absolute atomic E-state index is 14.2. The lowest BCUT2D eigenvalue weighted by atomic mass is 10.0. The predicted molar refractivity (Wildman–Crippen MR) is 156 cm³/mol. The molecule has 0 aliphatic carbocycles. The smallest absolute Gasteiger partial charge is 0.251 e. The van der Waals surface area contributed by atoms with Crippen molar-refractivity contribution in [2.24, 2.45) is 0 Å². The zero-order valence-electron chi connectivity index (χ0n) is 23.2. The summed E-state index contributed by atoms with van der Waals surface area (Å²) in [6.07, 6.45) is 0. The Balaban J connectivity index is 1.38. The number of methoxy groups -OCH3 is 1. The van der Waals surface area contributed by atoms with E-state index >= 15 is 0 Å². The Bertz CT molecular complexity index is 1730. The second-order valence-corrected chi connectivity index (χ2v) is 9.98. The van der Waals surface area contributed by atoms with Gasteiger partial charge in [-0.1, -0.05) is 59.3 Å². The Morgan fingerprint density at radius 3 is 2.52 bits per heavy atom. The number of ether oxygens (including phenoxy) is 3. The van der Waals surface area contributed by atoms with Gasteiger partial charge in [0.05, 0.1) is 12.6 Å². The molecule has 0 fully saturated rings. The van der Waals surface area contributed by atoms with E-state index in [9.17, 15) is 9.59 Å². The van der Waals surface area contributed by atoms with Crippen molar-refractivity contribution < 1.29 is 23.8 Å². The summed E-state index contributed by atoms with van der Waals surface area (Å²) in [4.78, 5) is 29.9. The number of amides is 2. The van der Waals surface area contributed by atoms with Gasteiger partial charge in [-0.25, -0.2) is 4.68 Å². The predicted octanol–water partition coefficient (Wildman–Crippen LogP) is 4.89. The molecule has 0 bridgehead atoms. The van der Waals surface area contributed by atoms with Crippen LogP contribution in [0, 0.1) is 6.92 Å². The highest BCUT2D eigenvalue weighted by atomic mass is 16.7. The van der Waals surface area contributed by atoms with Gasteiger partial charge >= 0.3 is 0 Å². The van der Waals surface area contributed by atoms with Gasteiger partial charge in [0.15, 0.2) is 11.5 Å². The molecule has 0 unspecified atom stereocenters. The summed E-state index contributed by atoms with van der Waals surface area (Å²) in [6.45, 7) is 2.17. The lowest BCUT2D eigenvalue weighted by molar-refractivity contribution is -0.140. The average molecular weight is 564 g/mol. The monoisotopic (exact) mass is 563 g/mol. The summed E-state index contributed by atoms with van der Waals surface area (Å²) in [7, 11) is 1.60. The number of carbonyl (C=O) groups is 2. The summed E-state index contributed by atoms with van der Waals surface area (Å²) in [6, 6.07) is 26.7. The second kappa shape index (κ2) is 11.6. The Hall–Kier alpha value is -5.38. The lowest BCUT2D eigenvalue weighted by Crippen LogP contribution is -2.42. The molecule has 10 heteroatoms. The van der Waals surface area contributed by atoms with Gasteiger partial charge in [-0.05, 0) is 54.4 Å². The molecule has 2 amide bonds. The topological polar surface area (TPSA) is 108 Å². The summed E-state index contributed by atoms with van der Waals surface area (Å²) < 4.78 is 17.8. The number of anilines is 1. The molecule has 1 aliphatic heterocycles. The summed E-state index contributed by atoms with van der Waals surface area (Å²) >= 11 is 0. The van der Waals surface area contributed by atoms with Crippen LogP contribution in [0.15, 0.2) is 91.0 Å². The van der Waals surface area contributed by atoms with Gasteiger partial charge in [0.25, 0.3) is 5.91 Å². The number of aryl methyl sites for hydroxylation is 1. The molecule has 1 atom stereocenters. The van der Waals surface area contributed by atoms with E-state index in [0.717, 1.165) is 16.6 Å². The zero-order chi connectivity index (χ0) is 29.1. The second-order valence-electron chi connectivity index (χ2n) is 9.98. The Labute approximate surface area is 242 Å². The van der Waals surface area contributed by atoms with E-state index in [1.54, 1.807) is 34.9 Å². The van der Waals surface area contributed by atoms with Crippen molar-refractivity contribution >= 4 is 28.5 Å². The van der Waals surface area contributed by atoms with Crippen molar-refractivity contribution in [1.82, 2.24) is 19.9 Å². The van der Waals surface area contributed by atoms with Gasteiger partial charge in [-0.15, -0.1) is 5.10 Å². The van der Waals surface area contributed by atoms with Crippen LogP contribution in [0.2, 0.25) is 0 Å². The molecule has 2 heterocycles. The summed E-state index contributed by atoms with van der Waals surface area (Å²) in [5.41, 5.74) is 4.48. The fourth-order valence-corrected chi connectivity index (χ4v) is 4.91. The van der Waals surface area contributed by atoms with E-state index in [2.05, 4.69) is 15.6 Å². The molecule has 10 nitrogen and oxygen atoms in total. The number of para-hydroxylation sites is 1. The number of hydrogen-bond donors (Lipinski definition) is 1. The number of fused-ring (bicyclic) bond motifs is 2. The van der Waals surface area contributed by atoms with Gasteiger partial charge in [-0.3, -0.25) is 9.59 Å². The molecular weight excluding hydrogens is 534 g/mol. The van der Waals surface area contributed by atoms with Crippen LogP contribution in [0.4, 0.5) is 5.69 Å². The average Bonchev–Trinajstić information content (AvgIpc) is 3.65. The highest BCUT2D eigenvalue weighted by molar-refractivity contribution is 5.98. The Morgan fingerprint density at radius 2 is 1.74 bits per heavy atom. The van der Waals surface area contributed by atoms with Crippen LogP contribution in [-0.2, 0) is 22.7 Å². The minimum Gasteiger partial charge on any atom is -0.497 e. The third kappa shape index (κ3) is 5.60. The van der Waals surface area contributed by atoms with Crippen LogP contribution < -0.4 is 19.5 Å². The van der Waals surface area contributed by atoms with Crippen molar-refractivity contribution in [2.75, 3.05) is 19.2 Å². The summed E-state index contributed by atoms with van der Waals surface area (Å²) in [5.74, 6) is 1.18. The Morgan fingerprint density at radius 1 is 0.976 bits per heavy atom. The highest BCUT2D eigenvalue weighted by Gasteiger charge is 2.32. The van der Waals surface area contributed by atoms with Crippen LogP contribution in [0.3, 0.4) is 0 Å². The number of nitrogens with zero attached hydrogens (tertiary/aromatic N) is 4. The van der Waals surface area contributed by atoms with Crippen molar-refractivity contribution in [3.8, 4) is 17.2 Å². The molecule has 0 saturated heterocycles. The van der Waals surface area contributed by atoms with E-state index in [-0.39, 0.29) is 31.7 Å². The first-order valence-corrected chi connectivity index (χ1v) is 13.5. The van der Waals surface area contributed by atoms with Crippen molar-refractivity contribution in [3.05, 3.63) is 108 Å². The molecule has 6 rings (SSSR count). The van der Waals surface area contributed by atoms with E-state index in [4.69, 9.17) is 14.2 Å². The van der Waals surface area contributed by atoms with E-state index < -0.39 is 6.04 Å². The molecule has 1 aromatic heterocycles. The number of benzene rings is 4. The highest BCUT2D eigenvalue weighted by Crippen LogP contribution is 2.35. The molecule has 1 aliphatic rings. The van der Waals surface area contributed by atoms with Crippen LogP contribution >= 0.6 is 0 Å². The largest absolute Gasteiger partial charge is 0.497 e. The quantitative estimate of drug-likeness (QED) is 0.272. The minimum atomic E-state index is -0.958. The first-order chi connectivity index (χ1) is 20.5. The Kier molecular flexibility index (Phi) is 7.42. The number of carbonyl (C=O) groups excluding carboxylic acids is 2. The molecule has 1 N–H and O–H groups in total. The normalized spacial score (nSPS) is 12.6. The van der Waals surface area contributed by atoms with E-state index in [1.165, 1.54) is 0 Å². The standard InChI is InChI=1S/C32H29N5O5/c1-21-7-11-23(12-8-21)31(32(39)33-24-13-16-28-29(17-24)42-20-41-28)36(18-22-9-14-25(40-2)15-10-22)30(38)19-37-27-6-4-3-5-26(27)34-35-37/h3-17,31H,18-20H2,1-2H3,(H,33,39)/t31-/m0/s1. The molecule has 212 valence electrons. The summed E-state index contributed by atoms with van der Waals surface area (Å²) in [5, 5.41) is 11.4.